The van der Waals surface area contributed by atoms with Crippen molar-refractivity contribution >= 4 is 16.8 Å². The smallest absolute Gasteiger partial charge is 0.191 e. The molecule has 130 valence electrons. The average molecular weight is 331 g/mol. The highest BCUT2D eigenvalue weighted by atomic mass is 32.2. The normalized spacial score (nSPS) is 24.3. The molecule has 1 rings (SSSR count). The molecule has 5 nitrogen and oxygen atoms in total. The van der Waals surface area contributed by atoms with Gasteiger partial charge in [-0.25, -0.2) is 0 Å². The van der Waals surface area contributed by atoms with E-state index in [0.717, 1.165) is 63.5 Å². The van der Waals surface area contributed by atoms with Gasteiger partial charge in [-0.15, -0.1) is 0 Å². The van der Waals surface area contributed by atoms with Crippen LogP contribution in [0.25, 0.3) is 0 Å². The van der Waals surface area contributed by atoms with Crippen molar-refractivity contribution in [2.45, 2.75) is 57.2 Å². The summed E-state index contributed by atoms with van der Waals surface area (Å²) in [5.74, 6) is 1.69. The lowest BCUT2D eigenvalue weighted by atomic mass is 9.95. The molecule has 1 aliphatic carbocycles. The zero-order chi connectivity index (χ0) is 16.4. The van der Waals surface area contributed by atoms with Gasteiger partial charge in [-0.3, -0.25) is 9.20 Å². The summed E-state index contributed by atoms with van der Waals surface area (Å²) in [4.78, 5) is 6.84. The monoisotopic (exact) mass is 330 g/mol. The second-order valence-electron chi connectivity index (χ2n) is 6.22. The number of nitrogens with zero attached hydrogens (tertiary/aromatic N) is 2. The summed E-state index contributed by atoms with van der Waals surface area (Å²) in [6.45, 7) is 6.88. The molecule has 0 heterocycles. The van der Waals surface area contributed by atoms with Crippen LogP contribution in [0.4, 0.5) is 0 Å². The van der Waals surface area contributed by atoms with Crippen LogP contribution in [0.3, 0.4) is 0 Å². The third-order valence-corrected chi connectivity index (χ3v) is 5.74. The zero-order valence-electron chi connectivity index (χ0n) is 14.7. The summed E-state index contributed by atoms with van der Waals surface area (Å²) in [7, 11) is 3.50. The molecule has 0 aromatic heterocycles. The topological polar surface area (TPSA) is 56.7 Å². The minimum atomic E-state index is -0.671. The van der Waals surface area contributed by atoms with Crippen LogP contribution < -0.4 is 10.6 Å². The first-order valence-corrected chi connectivity index (χ1v) is 10.0. The molecule has 0 spiro atoms. The number of rotatable bonds is 8. The van der Waals surface area contributed by atoms with E-state index in [1.807, 2.05) is 6.92 Å². The molecule has 6 heteroatoms. The highest BCUT2D eigenvalue weighted by Gasteiger charge is 2.25. The molecule has 0 amide bonds. The number of aliphatic imine (C=N–C) groups is 1. The largest absolute Gasteiger partial charge is 0.357 e. The van der Waals surface area contributed by atoms with Crippen molar-refractivity contribution in [1.29, 1.82) is 0 Å². The van der Waals surface area contributed by atoms with Crippen LogP contribution in [0.15, 0.2) is 4.99 Å². The van der Waals surface area contributed by atoms with Crippen molar-refractivity contribution in [2.75, 3.05) is 39.5 Å². The van der Waals surface area contributed by atoms with Crippen LogP contribution in [0, 0.1) is 0 Å². The Morgan fingerprint density at radius 2 is 2.09 bits per heavy atom. The van der Waals surface area contributed by atoms with Gasteiger partial charge >= 0.3 is 0 Å². The van der Waals surface area contributed by atoms with Gasteiger partial charge in [0.25, 0.3) is 0 Å². The number of nitrogens with one attached hydrogen (secondary N) is 2. The molecular formula is C16H34N4OS. The van der Waals surface area contributed by atoms with Gasteiger partial charge in [-0.1, -0.05) is 13.3 Å². The zero-order valence-corrected chi connectivity index (χ0v) is 15.5. The molecular weight excluding hydrogens is 296 g/mol. The molecule has 22 heavy (non-hydrogen) atoms. The van der Waals surface area contributed by atoms with Crippen LogP contribution in [-0.2, 0) is 10.8 Å². The molecule has 1 saturated carbocycles. The summed E-state index contributed by atoms with van der Waals surface area (Å²) < 4.78 is 12.0. The lowest BCUT2D eigenvalue weighted by Gasteiger charge is -2.30. The van der Waals surface area contributed by atoms with Crippen LogP contribution >= 0.6 is 0 Å². The van der Waals surface area contributed by atoms with Gasteiger partial charge in [0.1, 0.15) is 0 Å². The number of guanidine groups is 1. The van der Waals surface area contributed by atoms with E-state index in [0.29, 0.717) is 11.3 Å². The lowest BCUT2D eigenvalue weighted by Crippen LogP contribution is -2.46. The molecule has 1 aliphatic rings. The van der Waals surface area contributed by atoms with Gasteiger partial charge in [0.2, 0.25) is 0 Å². The minimum Gasteiger partial charge on any atom is -0.357 e. The van der Waals surface area contributed by atoms with Crippen molar-refractivity contribution in [3.8, 4) is 0 Å². The first-order valence-electron chi connectivity index (χ1n) is 8.63. The summed E-state index contributed by atoms with van der Waals surface area (Å²) >= 11 is 0. The van der Waals surface area contributed by atoms with E-state index in [2.05, 4.69) is 41.5 Å². The van der Waals surface area contributed by atoms with E-state index in [1.165, 1.54) is 0 Å². The highest BCUT2D eigenvalue weighted by molar-refractivity contribution is 7.85. The van der Waals surface area contributed by atoms with Crippen molar-refractivity contribution in [2.24, 2.45) is 4.99 Å². The molecule has 0 aromatic rings. The van der Waals surface area contributed by atoms with Crippen LogP contribution in [0.5, 0.6) is 0 Å². The number of hydrogen-bond acceptors (Lipinski definition) is 3. The predicted molar refractivity (Wildman–Crippen MR) is 97.0 cm³/mol. The molecule has 0 aliphatic heterocycles. The van der Waals surface area contributed by atoms with Crippen molar-refractivity contribution in [3.05, 3.63) is 0 Å². The maximum Gasteiger partial charge on any atom is 0.191 e. The van der Waals surface area contributed by atoms with E-state index < -0.39 is 10.8 Å². The van der Waals surface area contributed by atoms with Crippen molar-refractivity contribution < 1.29 is 4.21 Å². The van der Waals surface area contributed by atoms with Crippen molar-refractivity contribution in [3.63, 3.8) is 0 Å². The Kier molecular flexibility index (Phi) is 9.71. The highest BCUT2D eigenvalue weighted by Crippen LogP contribution is 2.22. The maximum absolute atomic E-state index is 12.0. The van der Waals surface area contributed by atoms with Crippen LogP contribution in [-0.4, -0.2) is 65.8 Å². The van der Waals surface area contributed by atoms with Gasteiger partial charge < -0.3 is 15.5 Å². The molecule has 2 N–H and O–H groups in total. The van der Waals surface area contributed by atoms with E-state index >= 15 is 0 Å². The maximum atomic E-state index is 12.0. The third-order valence-electron chi connectivity index (χ3n) is 4.00. The SMILES string of the molecule is CCNC(=NCCCN(C)C)NC1CCCC(S(=O)CC)C1. The first-order chi connectivity index (χ1) is 10.6. The second-order valence-corrected chi connectivity index (χ2v) is 8.22. The average Bonchev–Trinajstić information content (AvgIpc) is 2.51. The molecule has 3 atom stereocenters. The summed E-state index contributed by atoms with van der Waals surface area (Å²) in [6.07, 6.45) is 5.49. The van der Waals surface area contributed by atoms with E-state index in [4.69, 9.17) is 0 Å². The van der Waals surface area contributed by atoms with Gasteiger partial charge in [-0.2, -0.15) is 0 Å². The van der Waals surface area contributed by atoms with Crippen LogP contribution in [0.1, 0.15) is 46.0 Å². The Hall–Kier alpha value is -0.620. The molecule has 0 saturated heterocycles. The Balaban J connectivity index is 2.47. The Labute approximate surface area is 138 Å². The van der Waals surface area contributed by atoms with Gasteiger partial charge in [0, 0.05) is 40.9 Å². The van der Waals surface area contributed by atoms with E-state index in [9.17, 15) is 4.21 Å². The van der Waals surface area contributed by atoms with Gasteiger partial charge in [0.05, 0.1) is 0 Å². The fourth-order valence-electron chi connectivity index (χ4n) is 2.84. The second kappa shape index (κ2) is 11.0. The molecule has 0 bridgehead atoms. The quantitative estimate of drug-likeness (QED) is 0.403. The fourth-order valence-corrected chi connectivity index (χ4v) is 4.19. The Morgan fingerprint density at radius 1 is 1.32 bits per heavy atom. The van der Waals surface area contributed by atoms with E-state index in [1.54, 1.807) is 0 Å². The predicted octanol–water partition coefficient (Wildman–Crippen LogP) is 1.57. The Morgan fingerprint density at radius 3 is 2.73 bits per heavy atom. The summed E-state index contributed by atoms with van der Waals surface area (Å²) in [6, 6.07) is 0.404. The van der Waals surface area contributed by atoms with E-state index in [-0.39, 0.29) is 0 Å². The molecule has 0 radical (unpaired) electrons. The van der Waals surface area contributed by atoms with Crippen molar-refractivity contribution in [1.82, 2.24) is 15.5 Å². The minimum absolute atomic E-state index is 0.355. The van der Waals surface area contributed by atoms with Gasteiger partial charge in [-0.05, 0) is 53.2 Å². The Bertz CT molecular complexity index is 360. The first kappa shape index (κ1) is 19.4. The van der Waals surface area contributed by atoms with Crippen LogP contribution in [0.2, 0.25) is 0 Å². The fraction of sp³-hybridized carbons (Fsp3) is 0.938. The summed E-state index contributed by atoms with van der Waals surface area (Å²) in [5.41, 5.74) is 0. The number of hydrogen-bond donors (Lipinski definition) is 2. The molecule has 0 aromatic carbocycles. The molecule has 3 unspecified atom stereocenters. The third kappa shape index (κ3) is 7.58. The molecule has 1 fully saturated rings. The lowest BCUT2D eigenvalue weighted by molar-refractivity contribution is 0.401. The van der Waals surface area contributed by atoms with Gasteiger partial charge in [0.15, 0.2) is 5.96 Å². The summed E-state index contributed by atoms with van der Waals surface area (Å²) in [5, 5.41) is 7.22. The standard InChI is InChI=1S/C16H34N4OS/c1-5-17-16(18-11-8-12-20(3)4)19-14-9-7-10-15(13-14)22(21)6-2/h14-15H,5-13H2,1-4H3,(H2,17,18,19).